The third kappa shape index (κ3) is 3.93. The molecule has 0 spiro atoms. The van der Waals surface area contributed by atoms with Crippen LogP contribution in [0.15, 0.2) is 0 Å². The summed E-state index contributed by atoms with van der Waals surface area (Å²) >= 11 is 0. The molecule has 4 aliphatic rings. The van der Waals surface area contributed by atoms with E-state index in [0.29, 0.717) is 48.9 Å². The van der Waals surface area contributed by atoms with Gasteiger partial charge in [-0.25, -0.2) is 0 Å². The van der Waals surface area contributed by atoms with Gasteiger partial charge in [0.05, 0.1) is 24.4 Å². The molecule has 5 heteroatoms. The van der Waals surface area contributed by atoms with Gasteiger partial charge in [-0.3, -0.25) is 4.79 Å². The number of carbonyl (C=O) groups excluding carboxylic acids is 1. The van der Waals surface area contributed by atoms with Crippen molar-refractivity contribution in [3.05, 3.63) is 0 Å². The fourth-order valence-electron chi connectivity index (χ4n) is 9.23. The Kier molecular flexibility index (Phi) is 6.88. The lowest BCUT2D eigenvalue weighted by Gasteiger charge is -2.61. The van der Waals surface area contributed by atoms with Crippen LogP contribution in [0.5, 0.6) is 0 Å². The summed E-state index contributed by atoms with van der Waals surface area (Å²) in [5.41, 5.74) is -0.162. The van der Waals surface area contributed by atoms with E-state index in [4.69, 9.17) is 0 Å². The first-order valence-electron chi connectivity index (χ1n) is 13.6. The molecule has 190 valence electrons. The zero-order valence-corrected chi connectivity index (χ0v) is 21.6. The van der Waals surface area contributed by atoms with Crippen LogP contribution in [0.3, 0.4) is 0 Å². The summed E-state index contributed by atoms with van der Waals surface area (Å²) in [6.07, 6.45) is 2.80. The smallest absolute Gasteiger partial charge is 0.136 e. The van der Waals surface area contributed by atoms with Crippen molar-refractivity contribution in [1.29, 1.82) is 0 Å². The largest absolute Gasteiger partial charge is 0.390 e. The molecule has 5 nitrogen and oxygen atoms in total. The lowest BCUT2D eigenvalue weighted by Crippen LogP contribution is -2.59. The van der Waals surface area contributed by atoms with Crippen molar-refractivity contribution in [2.45, 2.75) is 111 Å². The van der Waals surface area contributed by atoms with Gasteiger partial charge in [0.1, 0.15) is 5.78 Å². The SMILES string of the molecule is CC(C)[C@@H](C)[C@@H](O)[C@H](O)[C@@H](C)[C@@H]1CC[C@@H]2[C@@H]3CC(=O)[C@@H]4C[C@@H](O)[C@@H](O)C[C@]4(C)[C@@H]3CC[C@@]21C. The van der Waals surface area contributed by atoms with Crippen LogP contribution < -0.4 is 0 Å². The van der Waals surface area contributed by atoms with Gasteiger partial charge in [-0.2, -0.15) is 0 Å². The second-order valence-corrected chi connectivity index (χ2v) is 13.4. The van der Waals surface area contributed by atoms with Gasteiger partial charge in [0, 0.05) is 12.3 Å². The van der Waals surface area contributed by atoms with E-state index in [2.05, 4.69) is 34.6 Å². The first-order chi connectivity index (χ1) is 15.3. The Morgan fingerprint density at radius 2 is 1.52 bits per heavy atom. The van der Waals surface area contributed by atoms with Gasteiger partial charge in [-0.1, -0.05) is 41.5 Å². The third-order valence-corrected chi connectivity index (χ3v) is 11.7. The van der Waals surface area contributed by atoms with Crippen LogP contribution in [0.4, 0.5) is 0 Å². The highest BCUT2D eigenvalue weighted by Gasteiger charge is 2.63. The number of aliphatic hydroxyl groups excluding tert-OH is 4. The molecular weight excluding hydrogens is 416 g/mol. The maximum absolute atomic E-state index is 13.3. The molecule has 0 saturated heterocycles. The Morgan fingerprint density at radius 3 is 2.15 bits per heavy atom. The molecule has 4 rings (SSSR count). The molecule has 0 amide bonds. The van der Waals surface area contributed by atoms with Crippen molar-refractivity contribution in [3.63, 3.8) is 0 Å². The number of hydrogen-bond acceptors (Lipinski definition) is 5. The Balaban J connectivity index is 1.56. The molecule has 0 bridgehead atoms. The van der Waals surface area contributed by atoms with Gasteiger partial charge in [0.2, 0.25) is 0 Å². The van der Waals surface area contributed by atoms with Gasteiger partial charge in [-0.05, 0) is 90.8 Å². The number of aliphatic hydroxyl groups is 4. The van der Waals surface area contributed by atoms with Crippen molar-refractivity contribution < 1.29 is 25.2 Å². The van der Waals surface area contributed by atoms with Crippen molar-refractivity contribution >= 4 is 5.78 Å². The predicted octanol–water partition coefficient (Wildman–Crippen LogP) is 3.81. The average molecular weight is 465 g/mol. The summed E-state index contributed by atoms with van der Waals surface area (Å²) < 4.78 is 0. The van der Waals surface area contributed by atoms with Crippen LogP contribution in [-0.4, -0.2) is 50.6 Å². The van der Waals surface area contributed by atoms with E-state index in [1.165, 1.54) is 0 Å². The van der Waals surface area contributed by atoms with Crippen LogP contribution >= 0.6 is 0 Å². The van der Waals surface area contributed by atoms with Gasteiger partial charge in [0.15, 0.2) is 0 Å². The summed E-state index contributed by atoms with van der Waals surface area (Å²) in [5, 5.41) is 42.8. The number of rotatable bonds is 5. The van der Waals surface area contributed by atoms with E-state index in [0.717, 1.165) is 25.7 Å². The summed E-state index contributed by atoms with van der Waals surface area (Å²) in [6, 6.07) is 0. The predicted molar refractivity (Wildman–Crippen MR) is 128 cm³/mol. The topological polar surface area (TPSA) is 98.0 Å². The van der Waals surface area contributed by atoms with E-state index in [9.17, 15) is 25.2 Å². The molecule has 4 N–H and O–H groups in total. The van der Waals surface area contributed by atoms with Crippen LogP contribution in [0, 0.1) is 58.2 Å². The molecule has 0 heterocycles. The molecule has 33 heavy (non-hydrogen) atoms. The zero-order chi connectivity index (χ0) is 24.5. The van der Waals surface area contributed by atoms with E-state index in [1.54, 1.807) is 0 Å². The molecule has 0 radical (unpaired) electrons. The number of fused-ring (bicyclic) bond motifs is 5. The third-order valence-electron chi connectivity index (χ3n) is 11.7. The lowest BCUT2D eigenvalue weighted by molar-refractivity contribution is -0.175. The van der Waals surface area contributed by atoms with Crippen molar-refractivity contribution in [2.24, 2.45) is 58.2 Å². The average Bonchev–Trinajstić information content (AvgIpc) is 3.10. The molecule has 4 saturated carbocycles. The first-order valence-corrected chi connectivity index (χ1v) is 13.6. The van der Waals surface area contributed by atoms with E-state index < -0.39 is 24.4 Å². The molecule has 13 atom stereocenters. The molecule has 0 aromatic carbocycles. The fraction of sp³-hybridized carbons (Fsp3) is 0.964. The van der Waals surface area contributed by atoms with Gasteiger partial charge in [0.25, 0.3) is 0 Å². The van der Waals surface area contributed by atoms with Crippen LogP contribution in [0.25, 0.3) is 0 Å². The second kappa shape index (κ2) is 8.87. The summed E-state index contributed by atoms with van der Waals surface area (Å²) in [4.78, 5) is 13.3. The Hall–Kier alpha value is -0.490. The van der Waals surface area contributed by atoms with Crippen molar-refractivity contribution in [1.82, 2.24) is 0 Å². The van der Waals surface area contributed by atoms with E-state index in [1.807, 2.05) is 6.92 Å². The van der Waals surface area contributed by atoms with Crippen molar-refractivity contribution in [2.75, 3.05) is 0 Å². The number of hydrogen-bond donors (Lipinski definition) is 4. The first kappa shape index (κ1) is 25.6. The highest BCUT2D eigenvalue weighted by atomic mass is 16.3. The number of Topliss-reactive ketones (excluding diaryl/α,β-unsaturated/α-hetero) is 1. The number of ketones is 1. The van der Waals surface area contributed by atoms with E-state index in [-0.39, 0.29) is 34.4 Å². The molecule has 0 aliphatic heterocycles. The summed E-state index contributed by atoms with van der Waals surface area (Å²) in [5.74, 6) is 2.05. The molecule has 0 aromatic rings. The molecule has 4 fully saturated rings. The second-order valence-electron chi connectivity index (χ2n) is 13.4. The maximum atomic E-state index is 13.3. The van der Waals surface area contributed by atoms with Crippen LogP contribution in [0.2, 0.25) is 0 Å². The van der Waals surface area contributed by atoms with Gasteiger partial charge < -0.3 is 20.4 Å². The van der Waals surface area contributed by atoms with Crippen LogP contribution in [0.1, 0.15) is 86.5 Å². The van der Waals surface area contributed by atoms with Gasteiger partial charge in [-0.15, -0.1) is 0 Å². The zero-order valence-electron chi connectivity index (χ0n) is 21.6. The minimum atomic E-state index is -0.782. The lowest BCUT2D eigenvalue weighted by atomic mass is 9.44. The molecule has 4 aliphatic carbocycles. The molecule has 0 aromatic heterocycles. The minimum absolute atomic E-state index is 0.0158. The quantitative estimate of drug-likeness (QED) is 0.496. The monoisotopic (exact) mass is 464 g/mol. The standard InChI is InChI=1S/C28H48O5/c1-14(2)15(3)25(32)26(33)16(4)18-7-8-19-17-11-22(29)21-12-23(30)24(31)13-28(21,6)20(17)9-10-27(18,19)5/h14-21,23-26,30-33H,7-13H2,1-6H3/t15-,16+,17+,18+,19-,20-,21+,23-,24+,25-,26-,27-,28-/m1/s1. The van der Waals surface area contributed by atoms with Crippen molar-refractivity contribution in [3.8, 4) is 0 Å². The Morgan fingerprint density at radius 1 is 0.879 bits per heavy atom. The normalized spacial score (nSPS) is 49.1. The molecule has 0 unspecified atom stereocenters. The highest BCUT2D eigenvalue weighted by Crippen LogP contribution is 2.67. The maximum Gasteiger partial charge on any atom is 0.136 e. The van der Waals surface area contributed by atoms with E-state index >= 15 is 0 Å². The minimum Gasteiger partial charge on any atom is -0.390 e. The fourth-order valence-corrected chi connectivity index (χ4v) is 9.23. The highest BCUT2D eigenvalue weighted by molar-refractivity contribution is 5.83. The molecular formula is C28H48O5. The summed E-state index contributed by atoms with van der Waals surface area (Å²) in [7, 11) is 0. The van der Waals surface area contributed by atoms with Crippen LogP contribution in [-0.2, 0) is 4.79 Å². The number of carbonyl (C=O) groups is 1. The summed E-state index contributed by atoms with van der Waals surface area (Å²) in [6.45, 7) is 12.9. The van der Waals surface area contributed by atoms with Gasteiger partial charge >= 0.3 is 0 Å². The Bertz CT molecular complexity index is 738. The Labute approximate surface area is 200 Å².